The Morgan fingerprint density at radius 3 is 2.48 bits per heavy atom. The lowest BCUT2D eigenvalue weighted by atomic mass is 9.87. The standard InChI is InChI=1S/C18H19N3OS/c1-18(2,3)12-6-4-11(5-7-12)16(22)20-13-8-9-15-14(10-13)21-17(19)23-15/h4-10H,1-3H3,(H2,19,21)(H,20,22). The van der Waals surface area contributed by atoms with Crippen LogP contribution in [0.15, 0.2) is 42.5 Å². The van der Waals surface area contributed by atoms with Crippen molar-refractivity contribution >= 4 is 38.3 Å². The smallest absolute Gasteiger partial charge is 0.255 e. The van der Waals surface area contributed by atoms with E-state index in [4.69, 9.17) is 5.73 Å². The van der Waals surface area contributed by atoms with Crippen LogP contribution in [0.5, 0.6) is 0 Å². The predicted octanol–water partition coefficient (Wildman–Crippen LogP) is 4.43. The molecule has 0 spiro atoms. The molecule has 0 aliphatic heterocycles. The number of nitrogens with zero attached hydrogens (tertiary/aromatic N) is 1. The van der Waals surface area contributed by atoms with Crippen molar-refractivity contribution in [3.05, 3.63) is 53.6 Å². The number of nitrogens with one attached hydrogen (secondary N) is 1. The first-order valence-corrected chi connectivity index (χ1v) is 8.22. The zero-order valence-corrected chi connectivity index (χ0v) is 14.2. The van der Waals surface area contributed by atoms with E-state index in [9.17, 15) is 4.79 Å². The van der Waals surface area contributed by atoms with Gasteiger partial charge in [-0.1, -0.05) is 44.2 Å². The number of aromatic nitrogens is 1. The Kier molecular flexibility index (Phi) is 3.82. The van der Waals surface area contributed by atoms with E-state index in [1.54, 1.807) is 0 Å². The largest absolute Gasteiger partial charge is 0.375 e. The van der Waals surface area contributed by atoms with E-state index >= 15 is 0 Å². The van der Waals surface area contributed by atoms with Gasteiger partial charge in [-0.25, -0.2) is 4.98 Å². The number of carbonyl (C=O) groups excluding carboxylic acids is 1. The van der Waals surface area contributed by atoms with E-state index in [1.165, 1.54) is 16.9 Å². The molecule has 0 aliphatic carbocycles. The van der Waals surface area contributed by atoms with Crippen molar-refractivity contribution in [2.45, 2.75) is 26.2 Å². The first kappa shape index (κ1) is 15.5. The monoisotopic (exact) mass is 325 g/mol. The maximum absolute atomic E-state index is 12.4. The fraction of sp³-hybridized carbons (Fsp3) is 0.222. The van der Waals surface area contributed by atoms with Crippen LogP contribution in [-0.4, -0.2) is 10.9 Å². The summed E-state index contributed by atoms with van der Waals surface area (Å²) in [6, 6.07) is 13.3. The highest BCUT2D eigenvalue weighted by atomic mass is 32.1. The van der Waals surface area contributed by atoms with E-state index in [0.717, 1.165) is 10.2 Å². The zero-order chi connectivity index (χ0) is 16.6. The van der Waals surface area contributed by atoms with E-state index in [1.807, 2.05) is 42.5 Å². The molecular weight excluding hydrogens is 306 g/mol. The second kappa shape index (κ2) is 5.66. The molecule has 118 valence electrons. The van der Waals surface area contributed by atoms with Crippen LogP contribution in [0.4, 0.5) is 10.8 Å². The van der Waals surface area contributed by atoms with Crippen molar-refractivity contribution in [3.63, 3.8) is 0 Å². The minimum Gasteiger partial charge on any atom is -0.375 e. The molecule has 0 bridgehead atoms. The molecule has 0 aliphatic rings. The van der Waals surface area contributed by atoms with Crippen molar-refractivity contribution in [1.82, 2.24) is 4.98 Å². The quantitative estimate of drug-likeness (QED) is 0.732. The third-order valence-electron chi connectivity index (χ3n) is 3.68. The Balaban J connectivity index is 1.79. The van der Waals surface area contributed by atoms with E-state index in [2.05, 4.69) is 31.1 Å². The lowest BCUT2D eigenvalue weighted by Gasteiger charge is -2.19. The molecule has 0 fully saturated rings. The van der Waals surface area contributed by atoms with Gasteiger partial charge in [0, 0.05) is 11.3 Å². The molecule has 4 nitrogen and oxygen atoms in total. The topological polar surface area (TPSA) is 68.0 Å². The molecule has 1 amide bonds. The van der Waals surface area contributed by atoms with E-state index in [-0.39, 0.29) is 11.3 Å². The molecule has 0 unspecified atom stereocenters. The summed E-state index contributed by atoms with van der Waals surface area (Å²) in [4.78, 5) is 16.6. The van der Waals surface area contributed by atoms with Gasteiger partial charge in [0.15, 0.2) is 5.13 Å². The molecule has 2 aromatic carbocycles. The maximum Gasteiger partial charge on any atom is 0.255 e. The summed E-state index contributed by atoms with van der Waals surface area (Å²) >= 11 is 1.43. The number of fused-ring (bicyclic) bond motifs is 1. The van der Waals surface area contributed by atoms with Crippen LogP contribution in [0.2, 0.25) is 0 Å². The van der Waals surface area contributed by atoms with Gasteiger partial charge in [-0.05, 0) is 41.3 Å². The average molecular weight is 325 g/mol. The molecule has 23 heavy (non-hydrogen) atoms. The number of benzene rings is 2. The van der Waals surface area contributed by atoms with Crippen LogP contribution >= 0.6 is 11.3 Å². The summed E-state index contributed by atoms with van der Waals surface area (Å²) in [6.45, 7) is 6.45. The van der Waals surface area contributed by atoms with Gasteiger partial charge in [0.1, 0.15) is 0 Å². The van der Waals surface area contributed by atoms with Crippen molar-refractivity contribution in [3.8, 4) is 0 Å². The molecule has 0 saturated carbocycles. The summed E-state index contributed by atoms with van der Waals surface area (Å²) < 4.78 is 1.01. The van der Waals surface area contributed by atoms with Gasteiger partial charge in [0.05, 0.1) is 10.2 Å². The SMILES string of the molecule is CC(C)(C)c1ccc(C(=O)Nc2ccc3sc(N)nc3c2)cc1. The Morgan fingerprint density at radius 1 is 1.13 bits per heavy atom. The lowest BCUT2D eigenvalue weighted by molar-refractivity contribution is 0.102. The minimum absolute atomic E-state index is 0.0740. The molecule has 0 radical (unpaired) electrons. The number of nitrogen functional groups attached to an aromatic ring is 1. The third kappa shape index (κ3) is 3.35. The van der Waals surface area contributed by atoms with Gasteiger partial charge in [0.2, 0.25) is 0 Å². The van der Waals surface area contributed by atoms with Crippen molar-refractivity contribution in [2.75, 3.05) is 11.1 Å². The Hall–Kier alpha value is -2.40. The predicted molar refractivity (Wildman–Crippen MR) is 97.1 cm³/mol. The summed E-state index contributed by atoms with van der Waals surface area (Å²) in [5.74, 6) is -0.131. The number of hydrogen-bond donors (Lipinski definition) is 2. The maximum atomic E-state index is 12.4. The molecule has 0 atom stereocenters. The summed E-state index contributed by atoms with van der Waals surface area (Å²) in [5, 5.41) is 3.43. The highest BCUT2D eigenvalue weighted by Gasteiger charge is 2.14. The van der Waals surface area contributed by atoms with Gasteiger partial charge in [0.25, 0.3) is 5.91 Å². The Bertz CT molecular complexity index is 860. The number of carbonyl (C=O) groups is 1. The summed E-state index contributed by atoms with van der Waals surface area (Å²) in [5.41, 5.74) is 9.13. The molecular formula is C18H19N3OS. The number of rotatable bonds is 2. The Morgan fingerprint density at radius 2 is 1.83 bits per heavy atom. The van der Waals surface area contributed by atoms with Crippen LogP contribution in [0.3, 0.4) is 0 Å². The molecule has 1 aromatic heterocycles. The highest BCUT2D eigenvalue weighted by Crippen LogP contribution is 2.26. The van der Waals surface area contributed by atoms with Gasteiger partial charge in [-0.3, -0.25) is 4.79 Å². The first-order valence-electron chi connectivity index (χ1n) is 7.41. The second-order valence-electron chi connectivity index (χ2n) is 6.52. The number of hydrogen-bond acceptors (Lipinski definition) is 4. The van der Waals surface area contributed by atoms with Crippen molar-refractivity contribution in [2.24, 2.45) is 0 Å². The fourth-order valence-electron chi connectivity index (χ4n) is 2.35. The lowest BCUT2D eigenvalue weighted by Crippen LogP contribution is -2.14. The zero-order valence-electron chi connectivity index (χ0n) is 13.4. The summed E-state index contributed by atoms with van der Waals surface area (Å²) in [7, 11) is 0. The first-order chi connectivity index (χ1) is 10.8. The van der Waals surface area contributed by atoms with Crippen LogP contribution in [0, 0.1) is 0 Å². The van der Waals surface area contributed by atoms with Crippen LogP contribution < -0.4 is 11.1 Å². The number of amides is 1. The van der Waals surface area contributed by atoms with Crippen LogP contribution in [0.1, 0.15) is 36.7 Å². The number of thiazole rings is 1. The molecule has 1 heterocycles. The Labute approximate surface area is 139 Å². The summed E-state index contributed by atoms with van der Waals surface area (Å²) in [6.07, 6.45) is 0. The van der Waals surface area contributed by atoms with Crippen LogP contribution in [-0.2, 0) is 5.41 Å². The number of nitrogens with two attached hydrogens (primary N) is 1. The molecule has 0 saturated heterocycles. The molecule has 5 heteroatoms. The van der Waals surface area contributed by atoms with Gasteiger partial charge < -0.3 is 11.1 Å². The molecule has 3 rings (SSSR count). The number of anilines is 2. The van der Waals surface area contributed by atoms with Crippen LogP contribution in [0.25, 0.3) is 10.2 Å². The highest BCUT2D eigenvalue weighted by molar-refractivity contribution is 7.22. The van der Waals surface area contributed by atoms with Gasteiger partial charge in [-0.2, -0.15) is 0 Å². The normalized spacial score (nSPS) is 11.6. The fourth-order valence-corrected chi connectivity index (χ4v) is 3.06. The van der Waals surface area contributed by atoms with Crippen molar-refractivity contribution < 1.29 is 4.79 Å². The third-order valence-corrected chi connectivity index (χ3v) is 4.54. The van der Waals surface area contributed by atoms with Crippen molar-refractivity contribution in [1.29, 1.82) is 0 Å². The molecule has 3 N–H and O–H groups in total. The van der Waals surface area contributed by atoms with Gasteiger partial charge in [-0.15, -0.1) is 0 Å². The molecule has 3 aromatic rings. The van der Waals surface area contributed by atoms with E-state index in [0.29, 0.717) is 16.4 Å². The van der Waals surface area contributed by atoms with Gasteiger partial charge >= 0.3 is 0 Å². The average Bonchev–Trinajstić information content (AvgIpc) is 2.86. The minimum atomic E-state index is -0.131. The van der Waals surface area contributed by atoms with E-state index < -0.39 is 0 Å². The second-order valence-corrected chi connectivity index (χ2v) is 7.58.